The third kappa shape index (κ3) is 4.34. The first-order valence-electron chi connectivity index (χ1n) is 10.1. The first-order valence-corrected chi connectivity index (χ1v) is 11.1. The maximum atomic E-state index is 14.0. The lowest BCUT2D eigenvalue weighted by molar-refractivity contribution is -0.136. The standard InChI is InChI=1S/C23H23FN4O3S/c1-4-31-17-10-7-9-15(12-17)20-19(21(29)30-3)14(2)25-22-26-23(27-28(20)22)32-13-16-8-5-6-11-18(16)24/h5-12,20H,4,13H2,1-3H3,(H,25,26,27). The number of carbonyl (C=O) groups is 1. The molecule has 1 aliphatic heterocycles. The van der Waals surface area contributed by atoms with Crippen LogP contribution >= 0.6 is 11.8 Å². The van der Waals surface area contributed by atoms with Gasteiger partial charge in [-0.15, -0.1) is 5.10 Å². The van der Waals surface area contributed by atoms with E-state index < -0.39 is 12.0 Å². The number of hydrogen-bond acceptors (Lipinski definition) is 7. The predicted molar refractivity (Wildman–Crippen MR) is 120 cm³/mol. The molecule has 1 aromatic heterocycles. The van der Waals surface area contributed by atoms with Crippen LogP contribution in [0.3, 0.4) is 0 Å². The van der Waals surface area contributed by atoms with E-state index in [0.29, 0.717) is 46.0 Å². The zero-order valence-corrected chi connectivity index (χ0v) is 18.8. The minimum Gasteiger partial charge on any atom is -0.494 e. The topological polar surface area (TPSA) is 78.3 Å². The van der Waals surface area contributed by atoms with E-state index in [4.69, 9.17) is 9.47 Å². The van der Waals surface area contributed by atoms with Crippen molar-refractivity contribution in [1.29, 1.82) is 0 Å². The van der Waals surface area contributed by atoms with E-state index in [2.05, 4.69) is 15.4 Å². The summed E-state index contributed by atoms with van der Waals surface area (Å²) in [6.07, 6.45) is 0. The smallest absolute Gasteiger partial charge is 0.338 e. The van der Waals surface area contributed by atoms with Crippen molar-refractivity contribution in [3.63, 3.8) is 0 Å². The molecule has 0 saturated heterocycles. The number of ether oxygens (including phenoxy) is 2. The number of anilines is 1. The molecule has 0 spiro atoms. The molecule has 1 N–H and O–H groups in total. The normalized spacial score (nSPS) is 15.2. The Bertz CT molecular complexity index is 1180. The highest BCUT2D eigenvalue weighted by Crippen LogP contribution is 2.38. The lowest BCUT2D eigenvalue weighted by Crippen LogP contribution is -2.29. The molecule has 2 aromatic carbocycles. The number of allylic oxidation sites excluding steroid dienone is 1. The molecule has 32 heavy (non-hydrogen) atoms. The number of thioether (sulfide) groups is 1. The van der Waals surface area contributed by atoms with E-state index in [-0.39, 0.29) is 5.82 Å². The number of fused-ring (bicyclic) bond motifs is 1. The van der Waals surface area contributed by atoms with E-state index in [0.717, 1.165) is 5.56 Å². The van der Waals surface area contributed by atoms with Crippen molar-refractivity contribution >= 4 is 23.7 Å². The van der Waals surface area contributed by atoms with Gasteiger partial charge in [0.15, 0.2) is 0 Å². The average Bonchev–Trinajstić information content (AvgIpc) is 3.19. The zero-order chi connectivity index (χ0) is 22.7. The van der Waals surface area contributed by atoms with Crippen LogP contribution in [0.4, 0.5) is 10.3 Å². The van der Waals surface area contributed by atoms with Gasteiger partial charge in [-0.05, 0) is 43.2 Å². The molecular weight excluding hydrogens is 431 g/mol. The van der Waals surface area contributed by atoms with Crippen LogP contribution in [0.25, 0.3) is 0 Å². The molecular formula is C23H23FN4O3S. The van der Waals surface area contributed by atoms with Crippen molar-refractivity contribution in [3.05, 3.63) is 76.7 Å². The van der Waals surface area contributed by atoms with E-state index in [1.807, 2.05) is 31.2 Å². The van der Waals surface area contributed by atoms with Gasteiger partial charge in [-0.3, -0.25) is 0 Å². The van der Waals surface area contributed by atoms with Crippen LogP contribution in [0.15, 0.2) is 65.0 Å². The predicted octanol–water partition coefficient (Wildman–Crippen LogP) is 4.57. The number of methoxy groups -OCH3 is 1. The van der Waals surface area contributed by atoms with E-state index >= 15 is 0 Å². The van der Waals surface area contributed by atoms with E-state index in [1.165, 1.54) is 24.9 Å². The lowest BCUT2D eigenvalue weighted by Gasteiger charge is -2.28. The first-order chi connectivity index (χ1) is 15.5. The largest absolute Gasteiger partial charge is 0.494 e. The van der Waals surface area contributed by atoms with Crippen LogP contribution in [0, 0.1) is 5.82 Å². The second-order valence-corrected chi connectivity index (χ2v) is 8.05. The molecule has 0 fully saturated rings. The minimum atomic E-state index is -0.547. The Morgan fingerprint density at radius 1 is 1.25 bits per heavy atom. The Morgan fingerprint density at radius 2 is 2.06 bits per heavy atom. The third-order valence-corrected chi connectivity index (χ3v) is 5.92. The van der Waals surface area contributed by atoms with Gasteiger partial charge in [0.05, 0.1) is 19.3 Å². The van der Waals surface area contributed by atoms with Crippen molar-refractivity contribution in [1.82, 2.24) is 14.8 Å². The molecule has 2 heterocycles. The summed E-state index contributed by atoms with van der Waals surface area (Å²) < 4.78 is 26.4. The van der Waals surface area contributed by atoms with Gasteiger partial charge in [0, 0.05) is 11.4 Å². The SMILES string of the molecule is CCOc1cccc(C2C(C(=O)OC)=C(C)Nc3nc(SCc4ccccc4F)nn32)c1. The Morgan fingerprint density at radius 3 is 2.81 bits per heavy atom. The molecule has 9 heteroatoms. The molecule has 0 aliphatic carbocycles. The minimum absolute atomic E-state index is 0.266. The van der Waals surface area contributed by atoms with E-state index in [1.54, 1.807) is 29.8 Å². The molecule has 166 valence electrons. The summed E-state index contributed by atoms with van der Waals surface area (Å²) in [4.78, 5) is 17.2. The van der Waals surface area contributed by atoms with Crippen molar-refractivity contribution < 1.29 is 18.7 Å². The fraction of sp³-hybridized carbons (Fsp3) is 0.261. The molecule has 7 nitrogen and oxygen atoms in total. The summed E-state index contributed by atoms with van der Waals surface area (Å²) in [5, 5.41) is 8.25. The summed E-state index contributed by atoms with van der Waals surface area (Å²) in [6, 6.07) is 13.6. The lowest BCUT2D eigenvalue weighted by atomic mass is 9.95. The molecule has 1 aliphatic rings. The second kappa shape index (κ2) is 9.44. The van der Waals surface area contributed by atoms with Crippen LogP contribution in [-0.4, -0.2) is 34.5 Å². The number of rotatable bonds is 7. The summed E-state index contributed by atoms with van der Waals surface area (Å²) in [5.41, 5.74) is 2.45. The van der Waals surface area contributed by atoms with Gasteiger partial charge in [0.1, 0.15) is 17.6 Å². The van der Waals surface area contributed by atoms with Gasteiger partial charge >= 0.3 is 5.97 Å². The van der Waals surface area contributed by atoms with Crippen molar-refractivity contribution in [2.75, 3.05) is 19.0 Å². The van der Waals surface area contributed by atoms with Crippen molar-refractivity contribution in [2.45, 2.75) is 30.8 Å². The number of aromatic nitrogens is 3. The quantitative estimate of drug-likeness (QED) is 0.414. The van der Waals surface area contributed by atoms with Crippen LogP contribution in [0.5, 0.6) is 5.75 Å². The molecule has 1 atom stereocenters. The van der Waals surface area contributed by atoms with Gasteiger partial charge in [0.25, 0.3) is 0 Å². The third-order valence-electron chi connectivity index (χ3n) is 5.04. The van der Waals surface area contributed by atoms with Gasteiger partial charge in [-0.1, -0.05) is 42.1 Å². The number of hydrogen-bond donors (Lipinski definition) is 1. The Labute approximate surface area is 189 Å². The molecule has 4 rings (SSSR count). The van der Waals surface area contributed by atoms with Crippen LogP contribution in [-0.2, 0) is 15.3 Å². The van der Waals surface area contributed by atoms with Crippen molar-refractivity contribution in [3.8, 4) is 5.75 Å². The molecule has 1 unspecified atom stereocenters. The highest BCUT2D eigenvalue weighted by molar-refractivity contribution is 7.98. The monoisotopic (exact) mass is 454 g/mol. The highest BCUT2D eigenvalue weighted by atomic mass is 32.2. The van der Waals surface area contributed by atoms with Crippen LogP contribution in [0.1, 0.15) is 31.0 Å². The summed E-state index contributed by atoms with van der Waals surface area (Å²) in [5.74, 6) is 0.859. The molecule has 0 saturated carbocycles. The number of carbonyl (C=O) groups excluding carboxylic acids is 1. The zero-order valence-electron chi connectivity index (χ0n) is 18.0. The Kier molecular flexibility index (Phi) is 6.45. The number of nitrogens with one attached hydrogen (secondary N) is 1. The van der Waals surface area contributed by atoms with Crippen LogP contribution < -0.4 is 10.1 Å². The Balaban J connectivity index is 1.71. The summed E-state index contributed by atoms with van der Waals surface area (Å²) in [6.45, 7) is 4.24. The fourth-order valence-corrected chi connectivity index (χ4v) is 4.39. The molecule has 0 bridgehead atoms. The molecule has 0 radical (unpaired) electrons. The number of benzene rings is 2. The van der Waals surface area contributed by atoms with Gasteiger partial charge < -0.3 is 14.8 Å². The van der Waals surface area contributed by atoms with Crippen LogP contribution in [0.2, 0.25) is 0 Å². The van der Waals surface area contributed by atoms with Gasteiger partial charge in [-0.2, -0.15) is 4.98 Å². The first kappa shape index (κ1) is 21.9. The maximum Gasteiger partial charge on any atom is 0.338 e. The number of esters is 1. The molecule has 0 amide bonds. The summed E-state index contributed by atoms with van der Waals surface area (Å²) >= 11 is 1.32. The number of halogens is 1. The highest BCUT2D eigenvalue weighted by Gasteiger charge is 2.35. The molecule has 3 aromatic rings. The van der Waals surface area contributed by atoms with Crippen molar-refractivity contribution in [2.24, 2.45) is 0 Å². The van der Waals surface area contributed by atoms with Gasteiger partial charge in [-0.25, -0.2) is 13.9 Å². The average molecular weight is 455 g/mol. The maximum absolute atomic E-state index is 14.0. The summed E-state index contributed by atoms with van der Waals surface area (Å²) in [7, 11) is 1.35. The fourth-order valence-electron chi connectivity index (χ4n) is 3.57. The second-order valence-electron chi connectivity index (χ2n) is 7.11. The van der Waals surface area contributed by atoms with Gasteiger partial charge in [0.2, 0.25) is 11.1 Å². The Hall–Kier alpha value is -3.33. The number of nitrogens with zero attached hydrogens (tertiary/aromatic N) is 3. The van der Waals surface area contributed by atoms with E-state index in [9.17, 15) is 9.18 Å².